The maximum Gasteiger partial charge on any atom is 0.443 e. The number of halogens is 3. The van der Waals surface area contributed by atoms with Crippen molar-refractivity contribution in [3.05, 3.63) is 16.1 Å². The third kappa shape index (κ3) is 2.13. The number of thiol groups is 1. The van der Waals surface area contributed by atoms with E-state index in [4.69, 9.17) is 0 Å². The maximum atomic E-state index is 12.0. The van der Waals surface area contributed by atoms with E-state index in [1.807, 2.05) is 0 Å². The Balaban J connectivity index is 2.92. The number of alkyl halides is 3. The molecule has 6 heteroatoms. The van der Waals surface area contributed by atoms with Gasteiger partial charge < -0.3 is 0 Å². The Bertz CT molecular complexity index is 266. The van der Waals surface area contributed by atoms with Crippen LogP contribution in [0.25, 0.3) is 0 Å². The molecular formula is C6H6F3NS2. The number of hydrogen-bond acceptors (Lipinski definition) is 3. The smallest absolute Gasteiger partial charge is 0.236 e. The SMILES string of the molecule is CC(S)c1csc(C(F)(F)F)n1. The van der Waals surface area contributed by atoms with Crippen molar-refractivity contribution in [2.24, 2.45) is 0 Å². The lowest BCUT2D eigenvalue weighted by molar-refractivity contribution is -0.137. The lowest BCUT2D eigenvalue weighted by atomic mass is 10.4. The van der Waals surface area contributed by atoms with E-state index in [1.165, 1.54) is 5.38 Å². The zero-order valence-electron chi connectivity index (χ0n) is 6.09. The average Bonchev–Trinajstić information content (AvgIpc) is 2.30. The molecule has 0 aromatic carbocycles. The van der Waals surface area contributed by atoms with Crippen LogP contribution in [0.2, 0.25) is 0 Å². The van der Waals surface area contributed by atoms with Crippen molar-refractivity contribution in [2.75, 3.05) is 0 Å². The molecule has 12 heavy (non-hydrogen) atoms. The topological polar surface area (TPSA) is 12.9 Å². The third-order valence-electron chi connectivity index (χ3n) is 1.19. The molecule has 0 saturated carbocycles. The monoisotopic (exact) mass is 213 g/mol. The van der Waals surface area contributed by atoms with E-state index >= 15 is 0 Å². The molecule has 1 nitrogen and oxygen atoms in total. The number of thiazole rings is 1. The summed E-state index contributed by atoms with van der Waals surface area (Å²) >= 11 is 4.57. The summed E-state index contributed by atoms with van der Waals surface area (Å²) in [4.78, 5) is 3.40. The second kappa shape index (κ2) is 3.26. The molecule has 0 saturated heterocycles. The zero-order chi connectivity index (χ0) is 9.35. The summed E-state index contributed by atoms with van der Waals surface area (Å²) in [6, 6.07) is 0. The second-order valence-electron chi connectivity index (χ2n) is 2.25. The number of aromatic nitrogens is 1. The van der Waals surface area contributed by atoms with Gasteiger partial charge in [-0.25, -0.2) is 4.98 Å². The van der Waals surface area contributed by atoms with Crippen LogP contribution < -0.4 is 0 Å². The van der Waals surface area contributed by atoms with Crippen molar-refractivity contribution in [3.8, 4) is 0 Å². The van der Waals surface area contributed by atoms with Crippen LogP contribution in [-0.4, -0.2) is 4.98 Å². The van der Waals surface area contributed by atoms with E-state index in [-0.39, 0.29) is 5.25 Å². The molecule has 0 fully saturated rings. The molecule has 0 aliphatic heterocycles. The first kappa shape index (κ1) is 9.85. The Morgan fingerprint density at radius 1 is 1.58 bits per heavy atom. The fourth-order valence-electron chi connectivity index (χ4n) is 0.608. The van der Waals surface area contributed by atoms with E-state index in [0.29, 0.717) is 17.0 Å². The molecule has 0 bridgehead atoms. The number of nitrogens with zero attached hydrogens (tertiary/aromatic N) is 1. The highest BCUT2D eigenvalue weighted by atomic mass is 32.1. The molecule has 1 heterocycles. The summed E-state index contributed by atoms with van der Waals surface area (Å²) in [6.07, 6.45) is -4.33. The minimum Gasteiger partial charge on any atom is -0.236 e. The normalized spacial score (nSPS) is 14.8. The molecule has 0 aliphatic carbocycles. The molecule has 1 atom stereocenters. The van der Waals surface area contributed by atoms with Crippen LogP contribution in [0.15, 0.2) is 5.38 Å². The summed E-state index contributed by atoms with van der Waals surface area (Å²) in [6.45, 7) is 1.68. The molecule has 1 aromatic rings. The zero-order valence-corrected chi connectivity index (χ0v) is 7.80. The highest BCUT2D eigenvalue weighted by Gasteiger charge is 2.34. The first-order valence-electron chi connectivity index (χ1n) is 3.12. The van der Waals surface area contributed by atoms with Gasteiger partial charge in [-0.05, 0) is 6.92 Å². The predicted octanol–water partition coefficient (Wildman–Crippen LogP) is 3.15. The quantitative estimate of drug-likeness (QED) is 0.707. The average molecular weight is 213 g/mol. The van der Waals surface area contributed by atoms with Gasteiger partial charge in [-0.2, -0.15) is 25.8 Å². The number of hydrogen-bond donors (Lipinski definition) is 1. The Kier molecular flexibility index (Phi) is 2.67. The molecule has 0 aliphatic rings. The van der Waals surface area contributed by atoms with E-state index in [1.54, 1.807) is 6.92 Å². The van der Waals surface area contributed by atoms with Crippen molar-refractivity contribution in [3.63, 3.8) is 0 Å². The van der Waals surface area contributed by atoms with Crippen LogP contribution in [0, 0.1) is 0 Å². The summed E-state index contributed by atoms with van der Waals surface area (Å²) in [5.41, 5.74) is 0.371. The Morgan fingerprint density at radius 2 is 2.17 bits per heavy atom. The molecule has 1 rings (SSSR count). The minimum atomic E-state index is -4.33. The van der Waals surface area contributed by atoms with Crippen molar-refractivity contribution in [2.45, 2.75) is 18.3 Å². The van der Waals surface area contributed by atoms with Gasteiger partial charge in [-0.3, -0.25) is 0 Å². The minimum absolute atomic E-state index is 0.252. The van der Waals surface area contributed by atoms with Gasteiger partial charge in [0.15, 0.2) is 5.01 Å². The molecule has 0 radical (unpaired) electrons. The van der Waals surface area contributed by atoms with E-state index in [9.17, 15) is 13.2 Å². The van der Waals surface area contributed by atoms with Crippen LogP contribution >= 0.6 is 24.0 Å². The summed E-state index contributed by atoms with van der Waals surface area (Å²) < 4.78 is 36.0. The second-order valence-corrected chi connectivity index (χ2v) is 3.88. The first-order chi connectivity index (χ1) is 5.41. The fraction of sp³-hybridized carbons (Fsp3) is 0.500. The lowest BCUT2D eigenvalue weighted by Gasteiger charge is -2.00. The summed E-state index contributed by atoms with van der Waals surface area (Å²) in [5, 5.41) is 0.316. The van der Waals surface area contributed by atoms with Gasteiger partial charge in [-0.1, -0.05) is 0 Å². The van der Waals surface area contributed by atoms with Gasteiger partial charge in [-0.15, -0.1) is 11.3 Å². The standard InChI is InChI=1S/C6H6F3NS2/c1-3(11)4-2-12-5(10-4)6(7,8)9/h2-3,11H,1H3. The van der Waals surface area contributed by atoms with Crippen molar-refractivity contribution in [1.29, 1.82) is 0 Å². The van der Waals surface area contributed by atoms with E-state index in [0.717, 1.165) is 0 Å². The lowest BCUT2D eigenvalue weighted by Crippen LogP contribution is -2.04. The Hall–Kier alpha value is -0.230. The van der Waals surface area contributed by atoms with Gasteiger partial charge in [0.25, 0.3) is 0 Å². The van der Waals surface area contributed by atoms with Crippen molar-refractivity contribution >= 4 is 24.0 Å². The Morgan fingerprint density at radius 3 is 2.42 bits per heavy atom. The highest BCUT2D eigenvalue weighted by Crippen LogP contribution is 2.33. The molecule has 0 N–H and O–H groups in total. The van der Waals surface area contributed by atoms with Gasteiger partial charge in [0.2, 0.25) is 0 Å². The molecule has 68 valence electrons. The van der Waals surface area contributed by atoms with Gasteiger partial charge >= 0.3 is 6.18 Å². The van der Waals surface area contributed by atoms with E-state index < -0.39 is 11.2 Å². The molecule has 0 amide bonds. The van der Waals surface area contributed by atoms with Crippen LogP contribution in [0.4, 0.5) is 13.2 Å². The van der Waals surface area contributed by atoms with Crippen molar-refractivity contribution < 1.29 is 13.2 Å². The highest BCUT2D eigenvalue weighted by molar-refractivity contribution is 7.80. The largest absolute Gasteiger partial charge is 0.443 e. The van der Waals surface area contributed by atoms with Crippen molar-refractivity contribution in [1.82, 2.24) is 4.98 Å². The predicted molar refractivity (Wildman–Crippen MR) is 44.5 cm³/mol. The molecule has 0 spiro atoms. The van der Waals surface area contributed by atoms with Gasteiger partial charge in [0.05, 0.1) is 5.69 Å². The Labute approximate surface area is 77.0 Å². The summed E-state index contributed by atoms with van der Waals surface area (Å²) in [5.74, 6) is 0. The van der Waals surface area contributed by atoms with Gasteiger partial charge in [0, 0.05) is 10.6 Å². The van der Waals surface area contributed by atoms with Gasteiger partial charge in [0.1, 0.15) is 0 Å². The number of rotatable bonds is 1. The fourth-order valence-corrected chi connectivity index (χ4v) is 1.62. The summed E-state index contributed by atoms with van der Waals surface area (Å²) in [7, 11) is 0. The third-order valence-corrected chi connectivity index (χ3v) is 2.36. The van der Waals surface area contributed by atoms with Crippen LogP contribution in [-0.2, 0) is 6.18 Å². The molecule has 1 unspecified atom stereocenters. The van der Waals surface area contributed by atoms with Crippen LogP contribution in [0.3, 0.4) is 0 Å². The first-order valence-corrected chi connectivity index (χ1v) is 4.51. The van der Waals surface area contributed by atoms with Crippen LogP contribution in [0.5, 0.6) is 0 Å². The van der Waals surface area contributed by atoms with E-state index in [2.05, 4.69) is 17.6 Å². The van der Waals surface area contributed by atoms with Crippen LogP contribution in [0.1, 0.15) is 22.9 Å². The molecule has 1 aromatic heterocycles. The molecular weight excluding hydrogens is 207 g/mol. The maximum absolute atomic E-state index is 12.0.